The Balaban J connectivity index is 2.17. The highest BCUT2D eigenvalue weighted by Gasteiger charge is 1.98. The maximum absolute atomic E-state index is 10.1. The number of hydrogen-bond donors (Lipinski definition) is 1. The van der Waals surface area contributed by atoms with Crippen LogP contribution in [0.4, 0.5) is 0 Å². The van der Waals surface area contributed by atoms with E-state index >= 15 is 0 Å². The van der Waals surface area contributed by atoms with Crippen LogP contribution in [0.1, 0.15) is 0 Å². The molecule has 70 valence electrons. The third-order valence-electron chi connectivity index (χ3n) is 1.04. The molecular formula is C7H8N2O2S2. The minimum Gasteiger partial charge on any atom is -0.481 e. The van der Waals surface area contributed by atoms with Gasteiger partial charge in [-0.05, 0) is 6.07 Å². The van der Waals surface area contributed by atoms with E-state index in [1.54, 1.807) is 18.5 Å². The lowest BCUT2D eigenvalue weighted by Crippen LogP contribution is -1.97. The first kappa shape index (κ1) is 10.3. The van der Waals surface area contributed by atoms with Crippen LogP contribution in [0.2, 0.25) is 0 Å². The van der Waals surface area contributed by atoms with E-state index in [0.717, 1.165) is 0 Å². The quantitative estimate of drug-likeness (QED) is 0.347. The summed E-state index contributed by atoms with van der Waals surface area (Å²) >= 11 is 2.78. The predicted molar refractivity (Wildman–Crippen MR) is 52.8 cm³/mol. The summed E-state index contributed by atoms with van der Waals surface area (Å²) in [5.41, 5.74) is 0. The molecule has 1 rings (SSSR count). The SMILES string of the molecule is O=C(O)CSCSc1ncccn1. The molecule has 6 heteroatoms. The van der Waals surface area contributed by atoms with Gasteiger partial charge in [0, 0.05) is 17.5 Å². The van der Waals surface area contributed by atoms with Gasteiger partial charge in [-0.2, -0.15) is 0 Å². The first-order valence-corrected chi connectivity index (χ1v) is 5.62. The molecule has 1 N–H and O–H groups in total. The van der Waals surface area contributed by atoms with Gasteiger partial charge in [-0.3, -0.25) is 4.79 Å². The average Bonchev–Trinajstić information content (AvgIpc) is 2.14. The lowest BCUT2D eigenvalue weighted by atomic mass is 10.7. The molecule has 1 aromatic heterocycles. The summed E-state index contributed by atoms with van der Waals surface area (Å²) in [6.07, 6.45) is 3.33. The van der Waals surface area contributed by atoms with Crippen molar-refractivity contribution in [3.8, 4) is 0 Å². The molecule has 0 bridgehead atoms. The van der Waals surface area contributed by atoms with E-state index in [0.29, 0.717) is 10.2 Å². The van der Waals surface area contributed by atoms with E-state index in [1.807, 2.05) is 0 Å². The van der Waals surface area contributed by atoms with Crippen molar-refractivity contribution in [2.45, 2.75) is 5.16 Å². The Hall–Kier alpha value is -0.750. The fourth-order valence-corrected chi connectivity index (χ4v) is 2.12. The van der Waals surface area contributed by atoms with E-state index in [9.17, 15) is 4.79 Å². The molecule has 0 aliphatic heterocycles. The van der Waals surface area contributed by atoms with Crippen LogP contribution < -0.4 is 0 Å². The molecule has 0 saturated carbocycles. The van der Waals surface area contributed by atoms with Gasteiger partial charge in [-0.1, -0.05) is 11.8 Å². The smallest absolute Gasteiger partial charge is 0.313 e. The molecule has 0 unspecified atom stereocenters. The average molecular weight is 216 g/mol. The van der Waals surface area contributed by atoms with E-state index < -0.39 is 5.97 Å². The minimum absolute atomic E-state index is 0.125. The molecule has 0 spiro atoms. The third kappa shape index (κ3) is 4.74. The number of aromatic nitrogens is 2. The molecule has 13 heavy (non-hydrogen) atoms. The standard InChI is InChI=1S/C7H8N2O2S2/c10-6(11)4-12-5-13-7-8-2-1-3-9-7/h1-3H,4-5H2,(H,10,11). The highest BCUT2D eigenvalue weighted by molar-refractivity contribution is 8.16. The van der Waals surface area contributed by atoms with E-state index in [2.05, 4.69) is 9.97 Å². The van der Waals surface area contributed by atoms with Gasteiger partial charge in [-0.25, -0.2) is 9.97 Å². The fourth-order valence-electron chi connectivity index (χ4n) is 0.583. The van der Waals surface area contributed by atoms with Crippen molar-refractivity contribution in [1.29, 1.82) is 0 Å². The molecule has 0 atom stereocenters. The number of aliphatic carboxylic acids is 1. The normalized spacial score (nSPS) is 9.85. The summed E-state index contributed by atoms with van der Waals surface area (Å²) < 4.78 is 0. The van der Waals surface area contributed by atoms with Crippen LogP contribution >= 0.6 is 23.5 Å². The Labute approximate surface area is 84.2 Å². The van der Waals surface area contributed by atoms with Gasteiger partial charge in [-0.15, -0.1) is 11.8 Å². The Morgan fingerprint density at radius 1 is 1.46 bits per heavy atom. The number of rotatable bonds is 5. The van der Waals surface area contributed by atoms with Crippen LogP contribution in [-0.4, -0.2) is 31.9 Å². The highest BCUT2D eigenvalue weighted by Crippen LogP contribution is 2.17. The molecule has 0 aliphatic rings. The van der Waals surface area contributed by atoms with Gasteiger partial charge in [0.05, 0.1) is 5.75 Å². The predicted octanol–water partition coefficient (Wildman–Crippen LogP) is 1.34. The first-order valence-electron chi connectivity index (χ1n) is 3.48. The maximum atomic E-state index is 10.1. The summed E-state index contributed by atoms with van der Waals surface area (Å²) in [6.45, 7) is 0. The van der Waals surface area contributed by atoms with E-state index in [-0.39, 0.29) is 5.75 Å². The van der Waals surface area contributed by atoms with Crippen LogP contribution in [0.25, 0.3) is 0 Å². The summed E-state index contributed by atoms with van der Waals surface area (Å²) in [5, 5.41) is 9.69. The van der Waals surface area contributed by atoms with Crippen molar-refractivity contribution < 1.29 is 9.90 Å². The third-order valence-corrected chi connectivity index (χ3v) is 3.10. The van der Waals surface area contributed by atoms with Crippen LogP contribution in [0.15, 0.2) is 23.6 Å². The van der Waals surface area contributed by atoms with Gasteiger partial charge < -0.3 is 5.11 Å². The molecule has 0 fully saturated rings. The second kappa shape index (κ2) is 5.82. The minimum atomic E-state index is -0.792. The van der Waals surface area contributed by atoms with Crippen molar-refractivity contribution in [2.75, 3.05) is 10.8 Å². The molecular weight excluding hydrogens is 208 g/mol. The van der Waals surface area contributed by atoms with Crippen molar-refractivity contribution >= 4 is 29.5 Å². The molecule has 1 heterocycles. The van der Waals surface area contributed by atoms with E-state index in [4.69, 9.17) is 5.11 Å². The van der Waals surface area contributed by atoms with Crippen LogP contribution in [0.3, 0.4) is 0 Å². The molecule has 0 saturated heterocycles. The van der Waals surface area contributed by atoms with Gasteiger partial charge in [0.1, 0.15) is 0 Å². The number of hydrogen-bond acceptors (Lipinski definition) is 5. The summed E-state index contributed by atoms with van der Waals surface area (Å²) in [5.74, 6) is -0.667. The van der Waals surface area contributed by atoms with Gasteiger partial charge in [0.15, 0.2) is 5.16 Å². The second-order valence-electron chi connectivity index (χ2n) is 2.04. The first-order chi connectivity index (χ1) is 6.29. The Kier molecular flexibility index (Phi) is 4.63. The van der Waals surface area contributed by atoms with E-state index in [1.165, 1.54) is 23.5 Å². The van der Waals surface area contributed by atoms with Crippen LogP contribution in [-0.2, 0) is 4.79 Å². The highest BCUT2D eigenvalue weighted by atomic mass is 32.2. The largest absolute Gasteiger partial charge is 0.481 e. The Morgan fingerprint density at radius 3 is 2.77 bits per heavy atom. The Bertz CT molecular complexity index is 268. The lowest BCUT2D eigenvalue weighted by molar-refractivity contribution is -0.133. The number of carboxylic acids is 1. The lowest BCUT2D eigenvalue weighted by Gasteiger charge is -1.96. The zero-order valence-electron chi connectivity index (χ0n) is 6.71. The fraction of sp³-hybridized carbons (Fsp3) is 0.286. The number of carboxylic acid groups (broad SMARTS) is 1. The molecule has 0 amide bonds. The summed E-state index contributed by atoms with van der Waals surface area (Å²) in [7, 11) is 0. The van der Waals surface area contributed by atoms with Crippen molar-refractivity contribution in [3.63, 3.8) is 0 Å². The summed E-state index contributed by atoms with van der Waals surface area (Å²) in [6, 6.07) is 1.74. The molecule has 0 aromatic carbocycles. The molecule has 1 aromatic rings. The van der Waals surface area contributed by atoms with Gasteiger partial charge in [0.2, 0.25) is 0 Å². The number of carbonyl (C=O) groups is 1. The van der Waals surface area contributed by atoms with Gasteiger partial charge >= 0.3 is 5.97 Å². The molecule has 4 nitrogen and oxygen atoms in total. The second-order valence-corrected chi connectivity index (χ2v) is 4.33. The van der Waals surface area contributed by atoms with Crippen LogP contribution in [0, 0.1) is 0 Å². The molecule has 0 radical (unpaired) electrons. The number of nitrogens with zero attached hydrogens (tertiary/aromatic N) is 2. The topological polar surface area (TPSA) is 63.1 Å². The van der Waals surface area contributed by atoms with Crippen LogP contribution in [0.5, 0.6) is 0 Å². The maximum Gasteiger partial charge on any atom is 0.313 e. The van der Waals surface area contributed by atoms with Crippen molar-refractivity contribution in [3.05, 3.63) is 18.5 Å². The summed E-state index contributed by atoms with van der Waals surface area (Å²) in [4.78, 5) is 18.1. The van der Waals surface area contributed by atoms with Gasteiger partial charge in [0.25, 0.3) is 0 Å². The number of thioether (sulfide) groups is 2. The Morgan fingerprint density at radius 2 is 2.15 bits per heavy atom. The van der Waals surface area contributed by atoms with Crippen molar-refractivity contribution in [2.24, 2.45) is 0 Å². The van der Waals surface area contributed by atoms with Crippen molar-refractivity contribution in [1.82, 2.24) is 9.97 Å². The zero-order chi connectivity index (χ0) is 9.52. The molecule has 0 aliphatic carbocycles. The zero-order valence-corrected chi connectivity index (χ0v) is 8.35. The monoisotopic (exact) mass is 216 g/mol.